The van der Waals surface area contributed by atoms with E-state index >= 15 is 0 Å². The molecule has 0 saturated heterocycles. The third kappa shape index (κ3) is 4.53. The topological polar surface area (TPSA) is 71.5 Å². The summed E-state index contributed by atoms with van der Waals surface area (Å²) in [7, 11) is 0. The lowest BCUT2D eigenvalue weighted by atomic mass is 10.2. The van der Waals surface area contributed by atoms with Crippen LogP contribution in [0.3, 0.4) is 0 Å². The number of hydrazone groups is 1. The van der Waals surface area contributed by atoms with Crippen molar-refractivity contribution in [3.8, 4) is 11.5 Å². The summed E-state index contributed by atoms with van der Waals surface area (Å²) in [6.45, 7) is 7.97. The van der Waals surface area contributed by atoms with Crippen molar-refractivity contribution in [2.45, 2.75) is 39.9 Å². The Labute approximate surface area is 153 Å². The molecule has 2 N–H and O–H groups in total. The molecule has 0 saturated carbocycles. The number of benzene rings is 2. The maximum absolute atomic E-state index is 5.90. The molecule has 0 atom stereocenters. The molecular weight excluding hydrogens is 328 g/mol. The number of fused-ring (bicyclic) bond motifs is 1. The van der Waals surface area contributed by atoms with Crippen molar-refractivity contribution in [2.75, 3.05) is 5.43 Å². The Morgan fingerprint density at radius 1 is 1.04 bits per heavy atom. The van der Waals surface area contributed by atoms with E-state index in [0.29, 0.717) is 5.95 Å². The Bertz CT molecular complexity index is 867. The van der Waals surface area contributed by atoms with Crippen LogP contribution in [-0.2, 0) is 0 Å². The number of ether oxygens (including phenoxy) is 2. The fourth-order valence-corrected chi connectivity index (χ4v) is 2.49. The molecule has 0 fully saturated rings. The summed E-state index contributed by atoms with van der Waals surface area (Å²) >= 11 is 0. The number of aromatic amines is 1. The van der Waals surface area contributed by atoms with Gasteiger partial charge >= 0.3 is 0 Å². The maximum Gasteiger partial charge on any atom is 0.222 e. The summed E-state index contributed by atoms with van der Waals surface area (Å²) in [5, 5.41) is 4.28. The van der Waals surface area contributed by atoms with Gasteiger partial charge in [0, 0.05) is 11.6 Å². The first kappa shape index (κ1) is 17.8. The number of nitrogens with zero attached hydrogens (tertiary/aromatic N) is 2. The highest BCUT2D eigenvalue weighted by atomic mass is 16.5. The molecule has 0 spiro atoms. The van der Waals surface area contributed by atoms with Gasteiger partial charge in [-0.2, -0.15) is 5.10 Å². The molecule has 2 aromatic carbocycles. The van der Waals surface area contributed by atoms with E-state index in [9.17, 15) is 0 Å². The molecule has 0 aliphatic carbocycles. The predicted octanol–water partition coefficient (Wildman–Crippen LogP) is 4.58. The number of hydrogen-bond acceptors (Lipinski definition) is 5. The quantitative estimate of drug-likeness (QED) is 0.482. The van der Waals surface area contributed by atoms with Crippen LogP contribution in [0.15, 0.2) is 47.6 Å². The maximum atomic E-state index is 5.90. The van der Waals surface area contributed by atoms with E-state index in [2.05, 4.69) is 20.5 Å². The third-order valence-corrected chi connectivity index (χ3v) is 3.48. The molecule has 6 heteroatoms. The predicted molar refractivity (Wildman–Crippen MR) is 105 cm³/mol. The summed E-state index contributed by atoms with van der Waals surface area (Å²) in [5.74, 6) is 2.10. The number of imidazole rings is 1. The molecule has 3 aromatic rings. The van der Waals surface area contributed by atoms with Crippen LogP contribution in [0.4, 0.5) is 5.95 Å². The fraction of sp³-hybridized carbons (Fsp3) is 0.300. The largest absolute Gasteiger partial charge is 0.491 e. The third-order valence-electron chi connectivity index (χ3n) is 3.48. The molecule has 0 amide bonds. The normalized spacial score (nSPS) is 11.6. The van der Waals surface area contributed by atoms with Gasteiger partial charge in [0.05, 0.1) is 29.5 Å². The van der Waals surface area contributed by atoms with Gasteiger partial charge < -0.3 is 14.5 Å². The van der Waals surface area contributed by atoms with Gasteiger partial charge in [0.2, 0.25) is 5.95 Å². The van der Waals surface area contributed by atoms with E-state index in [0.717, 1.165) is 28.1 Å². The molecule has 1 aromatic heterocycles. The van der Waals surface area contributed by atoms with Crippen LogP contribution < -0.4 is 14.9 Å². The van der Waals surface area contributed by atoms with Gasteiger partial charge in [0.25, 0.3) is 0 Å². The second-order valence-electron chi connectivity index (χ2n) is 6.51. The smallest absolute Gasteiger partial charge is 0.222 e. The summed E-state index contributed by atoms with van der Waals surface area (Å²) in [6.07, 6.45) is 1.88. The molecule has 0 aliphatic heterocycles. The van der Waals surface area contributed by atoms with Crippen LogP contribution >= 0.6 is 0 Å². The Morgan fingerprint density at radius 2 is 1.81 bits per heavy atom. The first-order valence-electron chi connectivity index (χ1n) is 8.72. The molecule has 26 heavy (non-hydrogen) atoms. The van der Waals surface area contributed by atoms with E-state index in [-0.39, 0.29) is 12.2 Å². The van der Waals surface area contributed by atoms with Crippen molar-refractivity contribution in [1.82, 2.24) is 9.97 Å². The summed E-state index contributed by atoms with van der Waals surface area (Å²) in [4.78, 5) is 7.60. The zero-order chi connectivity index (χ0) is 18.5. The number of aromatic nitrogens is 2. The van der Waals surface area contributed by atoms with Gasteiger partial charge in [-0.15, -0.1) is 0 Å². The van der Waals surface area contributed by atoms with Crippen LogP contribution in [0.2, 0.25) is 0 Å². The molecule has 1 heterocycles. The second kappa shape index (κ2) is 7.91. The van der Waals surface area contributed by atoms with E-state index in [4.69, 9.17) is 9.47 Å². The monoisotopic (exact) mass is 352 g/mol. The molecule has 0 bridgehead atoms. The average molecular weight is 352 g/mol. The van der Waals surface area contributed by atoms with Gasteiger partial charge in [-0.3, -0.25) is 0 Å². The minimum absolute atomic E-state index is 0.0554. The highest BCUT2D eigenvalue weighted by Crippen LogP contribution is 2.25. The summed E-state index contributed by atoms with van der Waals surface area (Å²) in [6, 6.07) is 13.6. The van der Waals surface area contributed by atoms with Crippen molar-refractivity contribution in [3.05, 3.63) is 48.0 Å². The van der Waals surface area contributed by atoms with E-state index < -0.39 is 0 Å². The molecule has 0 unspecified atom stereocenters. The van der Waals surface area contributed by atoms with Crippen molar-refractivity contribution >= 4 is 23.2 Å². The van der Waals surface area contributed by atoms with Gasteiger partial charge in [0.1, 0.15) is 11.5 Å². The minimum Gasteiger partial charge on any atom is -0.491 e. The van der Waals surface area contributed by atoms with Gasteiger partial charge in [-0.1, -0.05) is 12.1 Å². The molecule has 6 nitrogen and oxygen atoms in total. The number of nitrogens with one attached hydrogen (secondary N) is 2. The van der Waals surface area contributed by atoms with E-state index in [1.807, 2.05) is 70.2 Å². The number of para-hydroxylation sites is 2. The minimum atomic E-state index is 0.0554. The standard InChI is InChI=1S/C20H24N4O2/c1-13(2)25-16-10-9-15(19(11-16)26-14(3)4)12-21-24-20-22-17-7-5-6-8-18(17)23-20/h5-14H,1-4H3,(H2,22,23,24)/b21-12-. The number of anilines is 1. The molecule has 0 radical (unpaired) electrons. The number of H-pyrrole nitrogens is 1. The van der Waals surface area contributed by atoms with Crippen molar-refractivity contribution < 1.29 is 9.47 Å². The lowest BCUT2D eigenvalue weighted by Gasteiger charge is -2.15. The first-order chi connectivity index (χ1) is 12.5. The molecule has 3 rings (SSSR count). The molecule has 136 valence electrons. The van der Waals surface area contributed by atoms with Crippen molar-refractivity contribution in [3.63, 3.8) is 0 Å². The van der Waals surface area contributed by atoms with Crippen LogP contribution in [0.5, 0.6) is 11.5 Å². The van der Waals surface area contributed by atoms with Gasteiger partial charge in [-0.25, -0.2) is 10.4 Å². The lowest BCUT2D eigenvalue weighted by molar-refractivity contribution is 0.229. The highest BCUT2D eigenvalue weighted by Gasteiger charge is 2.08. The fourth-order valence-electron chi connectivity index (χ4n) is 2.49. The Morgan fingerprint density at radius 3 is 2.54 bits per heavy atom. The second-order valence-corrected chi connectivity index (χ2v) is 6.51. The van der Waals surface area contributed by atoms with Crippen LogP contribution in [0, 0.1) is 0 Å². The Balaban J connectivity index is 1.77. The number of hydrogen-bond donors (Lipinski definition) is 2. The molecular formula is C20H24N4O2. The van der Waals surface area contributed by atoms with Crippen molar-refractivity contribution in [2.24, 2.45) is 5.10 Å². The SMILES string of the molecule is CC(C)Oc1ccc(/C=N\Nc2nc3ccccc3[nH]2)c(OC(C)C)c1. The van der Waals surface area contributed by atoms with Crippen LogP contribution in [-0.4, -0.2) is 28.4 Å². The average Bonchev–Trinajstić information content (AvgIpc) is 2.98. The van der Waals surface area contributed by atoms with Crippen LogP contribution in [0.25, 0.3) is 11.0 Å². The zero-order valence-corrected chi connectivity index (χ0v) is 15.5. The van der Waals surface area contributed by atoms with Gasteiger partial charge in [0.15, 0.2) is 0 Å². The lowest BCUT2D eigenvalue weighted by Crippen LogP contribution is -2.09. The summed E-state index contributed by atoms with van der Waals surface area (Å²) in [5.41, 5.74) is 5.64. The Hall–Kier alpha value is -3.02. The first-order valence-corrected chi connectivity index (χ1v) is 8.72. The number of rotatable bonds is 7. The van der Waals surface area contributed by atoms with E-state index in [1.54, 1.807) is 6.21 Å². The van der Waals surface area contributed by atoms with Gasteiger partial charge in [-0.05, 0) is 52.0 Å². The van der Waals surface area contributed by atoms with E-state index in [1.165, 1.54) is 0 Å². The van der Waals surface area contributed by atoms with Crippen molar-refractivity contribution in [1.29, 1.82) is 0 Å². The Kier molecular flexibility index (Phi) is 5.41. The molecule has 0 aliphatic rings. The highest BCUT2D eigenvalue weighted by molar-refractivity contribution is 5.84. The van der Waals surface area contributed by atoms with Crippen LogP contribution in [0.1, 0.15) is 33.3 Å². The summed E-state index contributed by atoms with van der Waals surface area (Å²) < 4.78 is 11.6. The zero-order valence-electron chi connectivity index (χ0n) is 15.5.